The van der Waals surface area contributed by atoms with E-state index in [-0.39, 0.29) is 21.9 Å². The number of halogens is 1. The summed E-state index contributed by atoms with van der Waals surface area (Å²) in [5, 5.41) is 13.0. The van der Waals surface area contributed by atoms with Gasteiger partial charge < -0.3 is 14.8 Å². The third-order valence-electron chi connectivity index (χ3n) is 3.84. The van der Waals surface area contributed by atoms with E-state index in [1.165, 1.54) is 19.2 Å². The normalized spacial score (nSPS) is 11.2. The summed E-state index contributed by atoms with van der Waals surface area (Å²) < 4.78 is 50.6. The van der Waals surface area contributed by atoms with Crippen LogP contribution in [0.4, 0.5) is 15.8 Å². The van der Waals surface area contributed by atoms with Crippen LogP contribution in [0.2, 0.25) is 0 Å². The molecule has 0 aromatic heterocycles. The van der Waals surface area contributed by atoms with Crippen molar-refractivity contribution in [3.8, 4) is 5.75 Å². The summed E-state index contributed by atoms with van der Waals surface area (Å²) in [6.45, 7) is 2.47. The molecule has 0 saturated heterocycles. The van der Waals surface area contributed by atoms with Crippen molar-refractivity contribution < 1.29 is 36.8 Å². The fourth-order valence-electron chi connectivity index (χ4n) is 2.53. The number of rotatable bonds is 9. The molecule has 13 heteroatoms. The van der Waals surface area contributed by atoms with Crippen LogP contribution in [-0.4, -0.2) is 45.0 Å². The fraction of sp³-hybridized carbons (Fsp3) is 0.263. The largest absolute Gasteiger partial charge is 0.495 e. The maximum Gasteiger partial charge on any atom is 0.338 e. The van der Waals surface area contributed by atoms with E-state index >= 15 is 0 Å². The number of esters is 1. The van der Waals surface area contributed by atoms with Crippen molar-refractivity contribution in [2.24, 2.45) is 0 Å². The van der Waals surface area contributed by atoms with Crippen molar-refractivity contribution >= 4 is 33.3 Å². The highest BCUT2D eigenvalue weighted by atomic mass is 32.2. The molecule has 0 bridgehead atoms. The van der Waals surface area contributed by atoms with Gasteiger partial charge in [0.2, 0.25) is 15.8 Å². The van der Waals surface area contributed by atoms with Crippen LogP contribution < -0.4 is 14.8 Å². The van der Waals surface area contributed by atoms with E-state index in [4.69, 9.17) is 9.47 Å². The Balaban J connectivity index is 2.11. The van der Waals surface area contributed by atoms with Crippen molar-refractivity contribution in [3.63, 3.8) is 0 Å². The molecule has 0 fully saturated rings. The number of benzene rings is 2. The first-order chi connectivity index (χ1) is 14.9. The van der Waals surface area contributed by atoms with Gasteiger partial charge in [-0.3, -0.25) is 14.9 Å². The zero-order valence-electron chi connectivity index (χ0n) is 17.2. The molecule has 0 unspecified atom stereocenters. The third-order valence-corrected chi connectivity index (χ3v) is 5.52. The lowest BCUT2D eigenvalue weighted by atomic mass is 10.2. The molecule has 0 saturated carbocycles. The molecule has 0 aliphatic heterocycles. The molecule has 2 N–H and O–H groups in total. The van der Waals surface area contributed by atoms with Crippen molar-refractivity contribution in [1.29, 1.82) is 0 Å². The van der Waals surface area contributed by atoms with E-state index in [0.717, 1.165) is 24.3 Å². The Labute approximate surface area is 182 Å². The molecule has 0 aliphatic rings. The first kappa shape index (κ1) is 24.7. The Morgan fingerprint density at radius 3 is 2.47 bits per heavy atom. The minimum atomic E-state index is -3.99. The van der Waals surface area contributed by atoms with Crippen LogP contribution >= 0.6 is 0 Å². The highest BCUT2D eigenvalue weighted by Crippen LogP contribution is 2.25. The number of carbonyl (C=O) groups excluding carboxylic acids is 2. The summed E-state index contributed by atoms with van der Waals surface area (Å²) in [5.74, 6) is -2.90. The van der Waals surface area contributed by atoms with Crippen LogP contribution in [-0.2, 0) is 19.6 Å². The van der Waals surface area contributed by atoms with Crippen LogP contribution in [0.5, 0.6) is 5.75 Å². The van der Waals surface area contributed by atoms with Crippen molar-refractivity contribution in [2.45, 2.75) is 24.8 Å². The van der Waals surface area contributed by atoms with E-state index in [1.807, 2.05) is 0 Å². The number of hydrogen-bond donors (Lipinski definition) is 2. The van der Waals surface area contributed by atoms with E-state index in [1.54, 1.807) is 13.8 Å². The fourth-order valence-corrected chi connectivity index (χ4v) is 3.98. The third kappa shape index (κ3) is 6.21. The van der Waals surface area contributed by atoms with Gasteiger partial charge in [0, 0.05) is 17.8 Å². The Morgan fingerprint density at radius 2 is 1.88 bits per heavy atom. The number of amides is 1. The quantitative estimate of drug-likeness (QED) is 0.322. The minimum absolute atomic E-state index is 0.00495. The van der Waals surface area contributed by atoms with Crippen LogP contribution in [0.25, 0.3) is 0 Å². The topological polar surface area (TPSA) is 154 Å². The molecular weight excluding hydrogens is 449 g/mol. The summed E-state index contributed by atoms with van der Waals surface area (Å²) in [5.41, 5.74) is -1.06. The minimum Gasteiger partial charge on any atom is -0.495 e. The second-order valence-electron chi connectivity index (χ2n) is 6.69. The van der Waals surface area contributed by atoms with Gasteiger partial charge in [-0.15, -0.1) is 0 Å². The average Bonchev–Trinajstić information content (AvgIpc) is 2.71. The monoisotopic (exact) mass is 469 g/mol. The summed E-state index contributed by atoms with van der Waals surface area (Å²) in [4.78, 5) is 33.8. The number of nitrogens with zero attached hydrogens (tertiary/aromatic N) is 1. The van der Waals surface area contributed by atoms with Gasteiger partial charge in [0.15, 0.2) is 6.61 Å². The number of methoxy groups -OCH3 is 1. The zero-order valence-corrected chi connectivity index (χ0v) is 18.1. The van der Waals surface area contributed by atoms with Gasteiger partial charge >= 0.3 is 11.7 Å². The highest BCUT2D eigenvalue weighted by molar-refractivity contribution is 7.89. The molecule has 0 spiro atoms. The molecule has 1 amide bonds. The molecule has 172 valence electrons. The smallest absolute Gasteiger partial charge is 0.338 e. The van der Waals surface area contributed by atoms with Crippen molar-refractivity contribution in [2.75, 3.05) is 19.0 Å². The van der Waals surface area contributed by atoms with E-state index in [2.05, 4.69) is 10.0 Å². The molecular formula is C19H20FN3O8S. The maximum absolute atomic E-state index is 13.4. The summed E-state index contributed by atoms with van der Waals surface area (Å²) in [6.07, 6.45) is 0. The van der Waals surface area contributed by atoms with E-state index in [0.29, 0.717) is 0 Å². The average molecular weight is 469 g/mol. The predicted octanol–water partition coefficient (Wildman–Crippen LogP) is 2.22. The number of nitro groups is 1. The highest BCUT2D eigenvalue weighted by Gasteiger charge is 2.23. The molecule has 2 aromatic carbocycles. The first-order valence-corrected chi connectivity index (χ1v) is 10.5. The molecule has 0 aliphatic carbocycles. The molecule has 2 rings (SSSR count). The van der Waals surface area contributed by atoms with Crippen LogP contribution in [0.15, 0.2) is 41.3 Å². The zero-order chi connectivity index (χ0) is 24.1. The van der Waals surface area contributed by atoms with Gasteiger partial charge in [-0.25, -0.2) is 17.9 Å². The van der Waals surface area contributed by atoms with Crippen LogP contribution in [0, 0.1) is 15.9 Å². The van der Waals surface area contributed by atoms with Crippen LogP contribution in [0.1, 0.15) is 24.2 Å². The molecule has 2 aromatic rings. The van der Waals surface area contributed by atoms with Gasteiger partial charge in [0.1, 0.15) is 10.6 Å². The second-order valence-corrected chi connectivity index (χ2v) is 8.37. The molecule has 32 heavy (non-hydrogen) atoms. The molecule has 0 heterocycles. The Hall–Kier alpha value is -3.58. The lowest BCUT2D eigenvalue weighted by Crippen LogP contribution is -2.30. The standard InChI is InChI=1S/C19H20FN3O8S/c1-11(2)22-32(28,29)17-8-12(4-7-16(17)30-3)19(25)31-10-18(24)21-13-5-6-14(20)15(9-13)23(26)27/h4-9,11,22H,10H2,1-3H3,(H,21,24). The SMILES string of the molecule is COc1ccc(C(=O)OCC(=O)Nc2ccc(F)c([N+](=O)[O-])c2)cc1S(=O)(=O)NC(C)C. The predicted molar refractivity (Wildman–Crippen MR) is 110 cm³/mol. The van der Waals surface area contributed by atoms with Gasteiger partial charge in [0.25, 0.3) is 5.91 Å². The maximum atomic E-state index is 13.4. The summed E-state index contributed by atoms with van der Waals surface area (Å²) >= 11 is 0. The van der Waals surface area contributed by atoms with Gasteiger partial charge in [0.05, 0.1) is 17.6 Å². The second kappa shape index (κ2) is 10.2. The molecule has 0 atom stereocenters. The number of hydrogen-bond acceptors (Lipinski definition) is 8. The Bertz CT molecular complexity index is 1150. The van der Waals surface area contributed by atoms with Gasteiger partial charge in [-0.1, -0.05) is 0 Å². The van der Waals surface area contributed by atoms with E-state index in [9.17, 15) is 32.5 Å². The lowest BCUT2D eigenvalue weighted by molar-refractivity contribution is -0.387. The van der Waals surface area contributed by atoms with Gasteiger partial charge in [-0.05, 0) is 44.2 Å². The number of anilines is 1. The Morgan fingerprint density at radius 1 is 1.19 bits per heavy atom. The van der Waals surface area contributed by atoms with Crippen LogP contribution in [0.3, 0.4) is 0 Å². The molecule has 11 nitrogen and oxygen atoms in total. The number of sulfonamides is 1. The van der Waals surface area contributed by atoms with Gasteiger partial charge in [-0.2, -0.15) is 4.39 Å². The number of carbonyl (C=O) groups is 2. The molecule has 0 radical (unpaired) electrons. The summed E-state index contributed by atoms with van der Waals surface area (Å²) in [7, 11) is -2.72. The lowest BCUT2D eigenvalue weighted by Gasteiger charge is -2.14. The summed E-state index contributed by atoms with van der Waals surface area (Å²) in [6, 6.07) is 5.89. The first-order valence-electron chi connectivity index (χ1n) is 9.06. The number of ether oxygens (including phenoxy) is 2. The Kier molecular flexibility index (Phi) is 7.83. The van der Waals surface area contributed by atoms with Crippen molar-refractivity contribution in [1.82, 2.24) is 4.72 Å². The van der Waals surface area contributed by atoms with E-state index < -0.39 is 51.0 Å². The number of nitro benzene ring substituents is 1. The van der Waals surface area contributed by atoms with Crippen molar-refractivity contribution in [3.05, 3.63) is 57.9 Å². The number of nitrogens with one attached hydrogen (secondary N) is 2.